The zero-order chi connectivity index (χ0) is 8.27. The zero-order valence-electron chi connectivity index (χ0n) is 5.96. The average Bonchev–Trinajstić information content (AvgIpc) is 2.35. The molecule has 1 N–H and O–H groups in total. The van der Waals surface area contributed by atoms with Gasteiger partial charge in [-0.05, 0) is 12.1 Å². The van der Waals surface area contributed by atoms with Gasteiger partial charge in [0, 0.05) is 6.42 Å². The first-order chi connectivity index (χ1) is 5.20. The maximum absolute atomic E-state index is 12.1. The Morgan fingerprint density at radius 2 is 2.55 bits per heavy atom. The number of aliphatic hydroxyl groups excluding tert-OH is 1. The highest BCUT2D eigenvalue weighted by Gasteiger charge is 2.10. The average molecular weight is 156 g/mol. The van der Waals surface area contributed by atoms with E-state index < -0.39 is 11.9 Å². The molecule has 0 aliphatic carbocycles. The van der Waals surface area contributed by atoms with Crippen LogP contribution in [0.4, 0.5) is 4.39 Å². The molecule has 1 heterocycles. The quantitative estimate of drug-likeness (QED) is 0.727. The summed E-state index contributed by atoms with van der Waals surface area (Å²) in [5.41, 5.74) is 0. The summed E-state index contributed by atoms with van der Waals surface area (Å²) in [5.74, 6) is -0.183. The lowest BCUT2D eigenvalue weighted by Crippen LogP contribution is -1.94. The van der Waals surface area contributed by atoms with Crippen LogP contribution in [-0.4, -0.2) is 5.11 Å². The highest BCUT2D eigenvalue weighted by atomic mass is 19.1. The highest BCUT2D eigenvalue weighted by Crippen LogP contribution is 2.20. The van der Waals surface area contributed by atoms with Crippen LogP contribution in [0.3, 0.4) is 0 Å². The molecule has 0 amide bonds. The van der Waals surface area contributed by atoms with E-state index in [1.165, 1.54) is 6.26 Å². The topological polar surface area (TPSA) is 33.4 Å². The Bertz CT molecular complexity index is 228. The predicted molar refractivity (Wildman–Crippen MR) is 38.5 cm³/mol. The van der Waals surface area contributed by atoms with Crippen molar-refractivity contribution in [3.8, 4) is 0 Å². The molecule has 0 fully saturated rings. The molecule has 0 saturated carbocycles. The molecule has 0 aromatic carbocycles. The van der Waals surface area contributed by atoms with E-state index in [1.54, 1.807) is 12.1 Å². The molecule has 0 unspecified atom stereocenters. The van der Waals surface area contributed by atoms with E-state index in [2.05, 4.69) is 6.58 Å². The van der Waals surface area contributed by atoms with Crippen molar-refractivity contribution in [1.29, 1.82) is 0 Å². The summed E-state index contributed by atoms with van der Waals surface area (Å²) in [6, 6.07) is 3.23. The van der Waals surface area contributed by atoms with Crippen LogP contribution in [0.15, 0.2) is 35.2 Å². The van der Waals surface area contributed by atoms with Gasteiger partial charge in [0.2, 0.25) is 0 Å². The molecule has 60 valence electrons. The van der Waals surface area contributed by atoms with Crippen molar-refractivity contribution in [3.05, 3.63) is 36.6 Å². The fourth-order valence-electron chi connectivity index (χ4n) is 0.791. The van der Waals surface area contributed by atoms with Gasteiger partial charge >= 0.3 is 0 Å². The van der Waals surface area contributed by atoms with Gasteiger partial charge in [-0.3, -0.25) is 0 Å². The van der Waals surface area contributed by atoms with Crippen molar-refractivity contribution in [2.75, 3.05) is 0 Å². The van der Waals surface area contributed by atoms with Gasteiger partial charge in [0.05, 0.1) is 12.1 Å². The summed E-state index contributed by atoms with van der Waals surface area (Å²) in [4.78, 5) is 0. The summed E-state index contributed by atoms with van der Waals surface area (Å²) < 4.78 is 17.0. The second-order valence-corrected chi connectivity index (χ2v) is 2.25. The van der Waals surface area contributed by atoms with Crippen molar-refractivity contribution in [1.82, 2.24) is 0 Å². The summed E-state index contributed by atoms with van der Waals surface area (Å²) in [5, 5.41) is 9.19. The Morgan fingerprint density at radius 1 is 1.82 bits per heavy atom. The molecular weight excluding hydrogens is 147 g/mol. The number of hydrogen-bond acceptors (Lipinski definition) is 2. The van der Waals surface area contributed by atoms with Crippen LogP contribution in [0.1, 0.15) is 18.3 Å². The van der Waals surface area contributed by atoms with Gasteiger partial charge in [0.25, 0.3) is 0 Å². The van der Waals surface area contributed by atoms with Crippen LogP contribution in [0.25, 0.3) is 0 Å². The third-order valence-corrected chi connectivity index (χ3v) is 1.29. The fraction of sp³-hybridized carbons (Fsp3) is 0.250. The van der Waals surface area contributed by atoms with Gasteiger partial charge in [-0.25, -0.2) is 4.39 Å². The van der Waals surface area contributed by atoms with E-state index in [0.29, 0.717) is 5.76 Å². The van der Waals surface area contributed by atoms with Crippen LogP contribution < -0.4 is 0 Å². The van der Waals surface area contributed by atoms with E-state index in [1.807, 2.05) is 0 Å². The molecule has 0 saturated heterocycles. The summed E-state index contributed by atoms with van der Waals surface area (Å²) in [6.45, 7) is 3.04. The molecular formula is C8H9FO2. The Balaban J connectivity index is 2.56. The molecule has 1 atom stereocenters. The summed E-state index contributed by atoms with van der Waals surface area (Å²) in [6.07, 6.45) is 0.412. The maximum Gasteiger partial charge on any atom is 0.132 e. The minimum Gasteiger partial charge on any atom is -0.467 e. The molecule has 0 radical (unpaired) electrons. The second kappa shape index (κ2) is 3.34. The number of hydrogen-bond donors (Lipinski definition) is 1. The number of halogens is 1. The van der Waals surface area contributed by atoms with Crippen molar-refractivity contribution < 1.29 is 13.9 Å². The molecule has 1 aromatic heterocycles. The third-order valence-electron chi connectivity index (χ3n) is 1.29. The predicted octanol–water partition coefficient (Wildman–Crippen LogP) is 2.19. The minimum atomic E-state index is -0.914. The molecule has 3 heteroatoms. The van der Waals surface area contributed by atoms with Gasteiger partial charge < -0.3 is 9.52 Å². The van der Waals surface area contributed by atoms with Gasteiger partial charge in [-0.2, -0.15) is 0 Å². The SMILES string of the molecule is C=C(F)C[C@@H](O)c1ccco1. The Kier molecular flexibility index (Phi) is 2.44. The number of aliphatic hydroxyl groups is 1. The van der Waals surface area contributed by atoms with E-state index in [-0.39, 0.29) is 6.42 Å². The molecule has 0 bridgehead atoms. The van der Waals surface area contributed by atoms with Crippen molar-refractivity contribution in [3.63, 3.8) is 0 Å². The monoisotopic (exact) mass is 156 g/mol. The molecule has 11 heavy (non-hydrogen) atoms. The van der Waals surface area contributed by atoms with Crippen LogP contribution in [0.2, 0.25) is 0 Å². The van der Waals surface area contributed by atoms with Crippen LogP contribution >= 0.6 is 0 Å². The first-order valence-electron chi connectivity index (χ1n) is 3.25. The third kappa shape index (κ3) is 2.20. The lowest BCUT2D eigenvalue weighted by Gasteiger charge is -2.03. The van der Waals surface area contributed by atoms with Crippen molar-refractivity contribution in [2.24, 2.45) is 0 Å². The molecule has 0 aliphatic heterocycles. The normalized spacial score (nSPS) is 12.9. The first-order valence-corrected chi connectivity index (χ1v) is 3.25. The minimum absolute atomic E-state index is 0.104. The molecule has 1 rings (SSSR count). The first kappa shape index (κ1) is 8.01. The van der Waals surface area contributed by atoms with E-state index in [4.69, 9.17) is 4.42 Å². The summed E-state index contributed by atoms with van der Waals surface area (Å²) >= 11 is 0. The molecule has 0 aliphatic rings. The maximum atomic E-state index is 12.1. The molecule has 0 spiro atoms. The number of rotatable bonds is 3. The Labute approximate surface area is 64.0 Å². The summed E-state index contributed by atoms with van der Waals surface area (Å²) in [7, 11) is 0. The molecule has 1 aromatic rings. The Morgan fingerprint density at radius 3 is 3.00 bits per heavy atom. The lowest BCUT2D eigenvalue weighted by atomic mass is 10.2. The molecule has 2 nitrogen and oxygen atoms in total. The zero-order valence-corrected chi connectivity index (χ0v) is 5.96. The van der Waals surface area contributed by atoms with Crippen LogP contribution in [0.5, 0.6) is 0 Å². The highest BCUT2D eigenvalue weighted by molar-refractivity contribution is 5.04. The van der Waals surface area contributed by atoms with E-state index in [9.17, 15) is 9.50 Å². The number of furan rings is 1. The van der Waals surface area contributed by atoms with Gasteiger partial charge in [0.1, 0.15) is 11.9 Å². The standard InChI is InChI=1S/C8H9FO2/c1-6(9)5-7(10)8-3-2-4-11-8/h2-4,7,10H,1,5H2/t7-/m1/s1. The lowest BCUT2D eigenvalue weighted by molar-refractivity contribution is 0.143. The van der Waals surface area contributed by atoms with Crippen LogP contribution in [-0.2, 0) is 0 Å². The van der Waals surface area contributed by atoms with Crippen molar-refractivity contribution >= 4 is 0 Å². The van der Waals surface area contributed by atoms with Gasteiger partial charge in [-0.15, -0.1) is 0 Å². The van der Waals surface area contributed by atoms with Gasteiger partial charge in [0.15, 0.2) is 0 Å². The Hall–Kier alpha value is -1.09. The van der Waals surface area contributed by atoms with Gasteiger partial charge in [-0.1, -0.05) is 6.58 Å². The second-order valence-electron chi connectivity index (χ2n) is 2.25. The van der Waals surface area contributed by atoms with E-state index in [0.717, 1.165) is 0 Å². The fourth-order valence-corrected chi connectivity index (χ4v) is 0.791. The van der Waals surface area contributed by atoms with E-state index >= 15 is 0 Å². The largest absolute Gasteiger partial charge is 0.467 e. The van der Waals surface area contributed by atoms with Crippen LogP contribution in [0, 0.1) is 0 Å². The smallest absolute Gasteiger partial charge is 0.132 e. The van der Waals surface area contributed by atoms with Crippen molar-refractivity contribution in [2.45, 2.75) is 12.5 Å².